The molecule has 3 aromatic rings. The first-order valence-corrected chi connectivity index (χ1v) is 11.5. The molecule has 3 heterocycles. The quantitative estimate of drug-likeness (QED) is 0.577. The van der Waals surface area contributed by atoms with Crippen molar-refractivity contribution in [2.24, 2.45) is 0 Å². The van der Waals surface area contributed by atoms with Crippen LogP contribution >= 0.6 is 11.3 Å². The molecule has 2 aromatic heterocycles. The molecule has 10 heteroatoms. The van der Waals surface area contributed by atoms with Gasteiger partial charge in [0, 0.05) is 25.4 Å². The Morgan fingerprint density at radius 2 is 1.97 bits per heavy atom. The molecule has 29 heavy (non-hydrogen) atoms. The van der Waals surface area contributed by atoms with Gasteiger partial charge in [0.1, 0.15) is 11.6 Å². The normalized spacial score (nSPS) is 17.1. The number of para-hydroxylation sites is 1. The molecule has 1 saturated heterocycles. The van der Waals surface area contributed by atoms with Gasteiger partial charge in [-0.05, 0) is 42.5 Å². The molecule has 1 aliphatic rings. The standard InChI is InChI=1S/C19H20FN5O2S2/c20-15-4-1-2-5-16(15)22-17-7-10-21-19(23-17)25-11-8-14(9-12-25)24-29(26,27)18-6-3-13-28-18/h1-7,10,13-14H,8-9,11-12H2,(H2-,21,22,23,24,26,27). The summed E-state index contributed by atoms with van der Waals surface area (Å²) < 4.78 is 41.7. The molecule has 152 valence electrons. The zero-order chi connectivity index (χ0) is 20.3. The van der Waals surface area contributed by atoms with Gasteiger partial charge in [-0.1, -0.05) is 27.7 Å². The van der Waals surface area contributed by atoms with Gasteiger partial charge in [-0.15, -0.1) is 4.72 Å². The van der Waals surface area contributed by atoms with Crippen molar-refractivity contribution >= 4 is 39.2 Å². The highest BCUT2D eigenvalue weighted by molar-refractivity contribution is 7.97. The van der Waals surface area contributed by atoms with Gasteiger partial charge in [-0.25, -0.2) is 9.37 Å². The van der Waals surface area contributed by atoms with E-state index in [1.54, 1.807) is 48.0 Å². The predicted octanol–water partition coefficient (Wildman–Crippen LogP) is 3.58. The fourth-order valence-corrected chi connectivity index (χ4v) is 5.48. The van der Waals surface area contributed by atoms with E-state index in [0.717, 1.165) is 0 Å². The molecule has 0 saturated carbocycles. The van der Waals surface area contributed by atoms with Crippen LogP contribution in [-0.2, 0) is 14.6 Å². The second-order valence-electron chi connectivity index (χ2n) is 6.66. The Morgan fingerprint density at radius 3 is 2.69 bits per heavy atom. The van der Waals surface area contributed by atoms with Crippen molar-refractivity contribution < 1.29 is 13.2 Å². The highest BCUT2D eigenvalue weighted by Gasteiger charge is 2.29. The second kappa shape index (κ2) is 8.54. The Labute approximate surface area is 173 Å². The summed E-state index contributed by atoms with van der Waals surface area (Å²) in [6.07, 6.45) is 2.93. The van der Waals surface area contributed by atoms with Gasteiger partial charge in [0.2, 0.25) is 10.2 Å². The molecule has 1 unspecified atom stereocenters. The number of hydrogen-bond acceptors (Lipinski definition) is 7. The van der Waals surface area contributed by atoms with Gasteiger partial charge < -0.3 is 14.8 Å². The van der Waals surface area contributed by atoms with Gasteiger partial charge in [0.25, 0.3) is 0 Å². The lowest BCUT2D eigenvalue weighted by atomic mass is 10.1. The van der Waals surface area contributed by atoms with E-state index in [-0.39, 0.29) is 11.9 Å². The SMILES string of the molecule is O=[S+]([O-])(NC1CCN(c2nccc(Nc3ccccc3F)n2)CC1)c1cccs1. The molecule has 2 N–H and O–H groups in total. The Bertz CT molecular complexity index is 1010. The van der Waals surface area contributed by atoms with Gasteiger partial charge in [-0.2, -0.15) is 4.98 Å². The Hall–Kier alpha value is -2.40. The van der Waals surface area contributed by atoms with E-state index in [1.165, 1.54) is 17.4 Å². The van der Waals surface area contributed by atoms with Crippen LogP contribution in [0.15, 0.2) is 58.3 Å². The highest BCUT2D eigenvalue weighted by atomic mass is 32.3. The monoisotopic (exact) mass is 433 g/mol. The van der Waals surface area contributed by atoms with Gasteiger partial charge in [-0.3, -0.25) is 0 Å². The van der Waals surface area contributed by atoms with E-state index in [4.69, 9.17) is 0 Å². The van der Waals surface area contributed by atoms with Crippen molar-refractivity contribution in [3.8, 4) is 0 Å². The van der Waals surface area contributed by atoms with Crippen molar-refractivity contribution in [2.45, 2.75) is 23.1 Å². The van der Waals surface area contributed by atoms with Gasteiger partial charge in [0.15, 0.2) is 10.4 Å². The van der Waals surface area contributed by atoms with Crippen molar-refractivity contribution in [3.63, 3.8) is 0 Å². The van der Waals surface area contributed by atoms with E-state index in [1.807, 2.05) is 4.90 Å². The van der Waals surface area contributed by atoms with E-state index in [2.05, 4.69) is 20.0 Å². The van der Waals surface area contributed by atoms with E-state index in [9.17, 15) is 13.2 Å². The first kappa shape index (κ1) is 19.9. The first-order chi connectivity index (χ1) is 14.0. The van der Waals surface area contributed by atoms with Crippen LogP contribution in [0.1, 0.15) is 12.8 Å². The lowest BCUT2D eigenvalue weighted by Crippen LogP contribution is -2.46. The average Bonchev–Trinajstić information content (AvgIpc) is 3.26. The minimum atomic E-state index is -3.47. The molecule has 1 aromatic carbocycles. The number of rotatable bonds is 6. The van der Waals surface area contributed by atoms with Crippen LogP contribution in [-0.4, -0.2) is 33.7 Å². The third-order valence-electron chi connectivity index (χ3n) is 4.64. The Morgan fingerprint density at radius 1 is 1.17 bits per heavy atom. The molecular formula is C19H20FN5O2S2. The summed E-state index contributed by atoms with van der Waals surface area (Å²) >= 11 is 1.20. The molecule has 0 spiro atoms. The summed E-state index contributed by atoms with van der Waals surface area (Å²) in [6, 6.07) is 11.3. The molecule has 1 fully saturated rings. The summed E-state index contributed by atoms with van der Waals surface area (Å²) in [4.78, 5) is 10.8. The molecule has 4 rings (SSSR count). The van der Waals surface area contributed by atoms with Crippen LogP contribution in [0.4, 0.5) is 21.8 Å². The molecule has 1 aliphatic heterocycles. The first-order valence-electron chi connectivity index (χ1n) is 9.17. The smallest absolute Gasteiger partial charge is 0.228 e. The third-order valence-corrected chi connectivity index (χ3v) is 7.56. The molecular weight excluding hydrogens is 413 g/mol. The number of piperidine rings is 1. The van der Waals surface area contributed by atoms with Crippen LogP contribution in [0.3, 0.4) is 0 Å². The van der Waals surface area contributed by atoms with Crippen LogP contribution < -0.4 is 14.9 Å². The topological polar surface area (TPSA) is 93.2 Å². The minimum absolute atomic E-state index is 0.127. The number of halogens is 1. The highest BCUT2D eigenvalue weighted by Crippen LogP contribution is 2.24. The van der Waals surface area contributed by atoms with Crippen molar-refractivity contribution in [1.29, 1.82) is 0 Å². The lowest BCUT2D eigenvalue weighted by molar-refractivity contribution is 0.418. The molecule has 0 radical (unpaired) electrons. The number of sulfonamides is 1. The number of nitrogens with one attached hydrogen (secondary N) is 2. The summed E-state index contributed by atoms with van der Waals surface area (Å²) in [6.45, 7) is 1.25. The predicted molar refractivity (Wildman–Crippen MR) is 111 cm³/mol. The van der Waals surface area contributed by atoms with Crippen molar-refractivity contribution in [2.75, 3.05) is 23.3 Å². The van der Waals surface area contributed by atoms with Gasteiger partial charge >= 0.3 is 0 Å². The Balaban J connectivity index is 1.37. The van der Waals surface area contributed by atoms with E-state index in [0.29, 0.717) is 47.6 Å². The second-order valence-corrected chi connectivity index (χ2v) is 9.55. The number of thiophene rings is 1. The summed E-state index contributed by atoms with van der Waals surface area (Å²) in [7, 11) is -3.47. The minimum Gasteiger partial charge on any atom is -0.592 e. The lowest BCUT2D eigenvalue weighted by Gasteiger charge is -2.32. The maximum absolute atomic E-state index is 13.8. The summed E-state index contributed by atoms with van der Waals surface area (Å²) in [5.41, 5.74) is 0.346. The zero-order valence-corrected chi connectivity index (χ0v) is 17.1. The average molecular weight is 434 g/mol. The van der Waals surface area contributed by atoms with Crippen LogP contribution in [0.5, 0.6) is 0 Å². The number of hydrogen-bond donors (Lipinski definition) is 2. The van der Waals surface area contributed by atoms with Crippen molar-refractivity contribution in [3.05, 3.63) is 59.9 Å². The number of anilines is 3. The molecule has 0 aliphatic carbocycles. The maximum Gasteiger partial charge on any atom is 0.228 e. The molecule has 1 atom stereocenters. The largest absolute Gasteiger partial charge is 0.592 e. The fraction of sp³-hybridized carbons (Fsp3) is 0.263. The third kappa shape index (κ3) is 4.78. The summed E-state index contributed by atoms with van der Waals surface area (Å²) in [5.74, 6) is 0.679. The van der Waals surface area contributed by atoms with E-state index < -0.39 is 10.4 Å². The molecule has 7 nitrogen and oxygen atoms in total. The van der Waals surface area contributed by atoms with Crippen molar-refractivity contribution in [1.82, 2.24) is 14.7 Å². The van der Waals surface area contributed by atoms with Gasteiger partial charge in [0.05, 0.1) is 11.7 Å². The number of aromatic nitrogens is 2. The maximum atomic E-state index is 13.8. The Kier molecular flexibility index (Phi) is 5.86. The fourth-order valence-electron chi connectivity index (χ4n) is 3.16. The zero-order valence-electron chi connectivity index (χ0n) is 15.5. The van der Waals surface area contributed by atoms with Crippen LogP contribution in [0.2, 0.25) is 0 Å². The van der Waals surface area contributed by atoms with Crippen LogP contribution in [0, 0.1) is 5.82 Å². The summed E-state index contributed by atoms with van der Waals surface area (Å²) in [5, 5.41) is 4.71. The molecule has 0 bridgehead atoms. The molecule has 0 amide bonds. The van der Waals surface area contributed by atoms with E-state index >= 15 is 0 Å². The number of benzene rings is 1. The van der Waals surface area contributed by atoms with Crippen LogP contribution in [0.25, 0.3) is 0 Å². The number of nitrogens with zero attached hydrogens (tertiary/aromatic N) is 3.